The van der Waals surface area contributed by atoms with Gasteiger partial charge in [0.2, 0.25) is 5.95 Å². The number of anilines is 3. The van der Waals surface area contributed by atoms with Crippen molar-refractivity contribution in [1.82, 2.24) is 19.7 Å². The third-order valence-corrected chi connectivity index (χ3v) is 7.48. The lowest BCUT2D eigenvalue weighted by molar-refractivity contribution is 0.0513. The van der Waals surface area contributed by atoms with Gasteiger partial charge < -0.3 is 21.5 Å². The zero-order valence-corrected chi connectivity index (χ0v) is 21.3. The molecule has 2 aromatic heterocycles. The molecule has 2 atom stereocenters. The van der Waals surface area contributed by atoms with E-state index in [-0.39, 0.29) is 16.8 Å². The van der Waals surface area contributed by atoms with Crippen LogP contribution in [0.25, 0.3) is 0 Å². The van der Waals surface area contributed by atoms with Gasteiger partial charge in [-0.25, -0.2) is 18.7 Å². The minimum atomic E-state index is -0.839. The number of carbonyl (C=O) groups is 1. The molecule has 0 spiro atoms. The first-order chi connectivity index (χ1) is 17.6. The highest BCUT2D eigenvalue weighted by molar-refractivity contribution is 6.31. The number of halogens is 3. The van der Waals surface area contributed by atoms with E-state index in [1.165, 1.54) is 12.1 Å². The first-order valence-electron chi connectivity index (χ1n) is 12.0. The summed E-state index contributed by atoms with van der Waals surface area (Å²) in [5, 5.41) is 21.4. The Morgan fingerprint density at radius 1 is 1.24 bits per heavy atom. The maximum Gasteiger partial charge on any atom is 0.222 e. The summed E-state index contributed by atoms with van der Waals surface area (Å²) < 4.78 is 26.9. The fourth-order valence-corrected chi connectivity index (χ4v) is 5.62. The summed E-state index contributed by atoms with van der Waals surface area (Å²) in [6.45, 7) is 0.326. The van der Waals surface area contributed by atoms with Crippen LogP contribution in [-0.4, -0.2) is 50.3 Å². The minimum Gasteiger partial charge on any atom is -0.388 e. The molecule has 5 N–H and O–H groups in total. The number of nitrogen functional groups attached to an aromatic ring is 1. The molecule has 12 heteroatoms. The predicted octanol–water partition coefficient (Wildman–Crippen LogP) is 4.01. The van der Waals surface area contributed by atoms with Crippen LogP contribution in [0.4, 0.5) is 26.2 Å². The Hall–Kier alpha value is -3.31. The van der Waals surface area contributed by atoms with Crippen molar-refractivity contribution in [2.45, 2.75) is 37.2 Å². The Balaban J connectivity index is 0.000000270. The molecule has 2 saturated carbocycles. The number of hydrogen-bond acceptors (Lipinski definition) is 8. The number of aromatic nitrogens is 4. The zero-order chi connectivity index (χ0) is 26.7. The number of aldehydes is 1. The van der Waals surface area contributed by atoms with Crippen molar-refractivity contribution in [3.05, 3.63) is 58.5 Å². The Bertz CT molecular complexity index is 1240. The Labute approximate surface area is 218 Å². The highest BCUT2D eigenvalue weighted by atomic mass is 35.5. The Morgan fingerprint density at radius 3 is 2.46 bits per heavy atom. The van der Waals surface area contributed by atoms with Crippen molar-refractivity contribution >= 4 is 35.3 Å². The van der Waals surface area contributed by atoms with Gasteiger partial charge in [-0.05, 0) is 55.7 Å². The molecule has 0 aliphatic heterocycles. The summed E-state index contributed by atoms with van der Waals surface area (Å²) in [6.07, 6.45) is 6.08. The zero-order valence-electron chi connectivity index (χ0n) is 20.6. The van der Waals surface area contributed by atoms with E-state index in [9.17, 15) is 18.7 Å². The number of rotatable bonds is 6. The van der Waals surface area contributed by atoms with Gasteiger partial charge in [0, 0.05) is 32.2 Å². The lowest BCUT2D eigenvalue weighted by atomic mass is 9.92. The van der Waals surface area contributed by atoms with Crippen molar-refractivity contribution in [3.63, 3.8) is 0 Å². The van der Waals surface area contributed by atoms with E-state index in [1.807, 2.05) is 0 Å². The van der Waals surface area contributed by atoms with E-state index in [0.717, 1.165) is 42.9 Å². The number of hydrogen-bond donors (Lipinski definition) is 4. The van der Waals surface area contributed by atoms with Gasteiger partial charge in [0.15, 0.2) is 12.1 Å². The second kappa shape index (κ2) is 11.0. The predicted molar refractivity (Wildman–Crippen MR) is 138 cm³/mol. The van der Waals surface area contributed by atoms with Gasteiger partial charge in [0.1, 0.15) is 11.6 Å². The molecule has 0 radical (unpaired) electrons. The molecule has 2 fully saturated rings. The van der Waals surface area contributed by atoms with E-state index < -0.39 is 11.4 Å². The molecule has 0 amide bonds. The molecule has 5 rings (SSSR count). The van der Waals surface area contributed by atoms with E-state index in [2.05, 4.69) is 25.7 Å². The molecular formula is C25H30ClF2N7O2. The summed E-state index contributed by atoms with van der Waals surface area (Å²) in [6, 6.07) is 4.49. The van der Waals surface area contributed by atoms with Crippen molar-refractivity contribution in [2.24, 2.45) is 18.9 Å². The number of aliphatic hydroxyl groups is 1. The van der Waals surface area contributed by atoms with Crippen LogP contribution in [0.1, 0.15) is 47.7 Å². The average Bonchev–Trinajstić information content (AvgIpc) is 3.50. The van der Waals surface area contributed by atoms with Gasteiger partial charge in [-0.15, -0.1) is 0 Å². The summed E-state index contributed by atoms with van der Waals surface area (Å²) >= 11 is 5.48. The lowest BCUT2D eigenvalue weighted by Crippen LogP contribution is -2.35. The molecule has 1 aromatic carbocycles. The molecule has 2 heterocycles. The number of fused-ring (bicyclic) bond motifs is 1. The van der Waals surface area contributed by atoms with Crippen LogP contribution in [-0.2, 0) is 7.05 Å². The molecule has 2 aliphatic carbocycles. The number of nitrogens with zero attached hydrogens (tertiary/aromatic N) is 4. The minimum absolute atomic E-state index is 0.145. The van der Waals surface area contributed by atoms with Gasteiger partial charge >= 0.3 is 0 Å². The van der Waals surface area contributed by atoms with Gasteiger partial charge in [-0.2, -0.15) is 5.10 Å². The van der Waals surface area contributed by atoms with Crippen molar-refractivity contribution in [2.75, 3.05) is 30.0 Å². The summed E-state index contributed by atoms with van der Waals surface area (Å²) in [5.74, 6) is 0.765. The lowest BCUT2D eigenvalue weighted by Gasteiger charge is -2.25. The summed E-state index contributed by atoms with van der Waals surface area (Å²) in [7, 11) is 3.49. The molecule has 3 aromatic rings. The quantitative estimate of drug-likeness (QED) is 0.350. The smallest absolute Gasteiger partial charge is 0.222 e. The first kappa shape index (κ1) is 26.7. The van der Waals surface area contributed by atoms with E-state index in [4.69, 9.17) is 17.3 Å². The molecule has 9 nitrogen and oxygen atoms in total. The van der Waals surface area contributed by atoms with Gasteiger partial charge in [-0.3, -0.25) is 9.48 Å². The third-order valence-electron chi connectivity index (χ3n) is 7.19. The number of nitrogens with two attached hydrogens (primary N) is 1. The third kappa shape index (κ3) is 5.99. The van der Waals surface area contributed by atoms with Gasteiger partial charge in [-0.1, -0.05) is 11.6 Å². The van der Waals surface area contributed by atoms with Crippen LogP contribution in [0, 0.1) is 23.5 Å². The van der Waals surface area contributed by atoms with E-state index >= 15 is 0 Å². The maximum atomic E-state index is 12.9. The number of nitrogens with one attached hydrogen (secondary N) is 2. The normalized spacial score (nSPS) is 24.2. The molecule has 2 unspecified atom stereocenters. The van der Waals surface area contributed by atoms with Gasteiger partial charge in [0.25, 0.3) is 0 Å². The van der Waals surface area contributed by atoms with Crippen LogP contribution in [0.2, 0.25) is 5.02 Å². The molecule has 0 bridgehead atoms. The Morgan fingerprint density at radius 2 is 1.89 bits per heavy atom. The number of carbonyl (C=O) groups excluding carboxylic acids is 1. The second-order valence-electron chi connectivity index (χ2n) is 9.70. The van der Waals surface area contributed by atoms with Crippen molar-refractivity contribution in [3.8, 4) is 0 Å². The SMILES string of the molecule is CNc1ccc(F)c(Cl)c1.Cn1nc(C2CC3CC(O)(CNc4ncc(F)cn4)CC3C2)c(C=O)c1N. The highest BCUT2D eigenvalue weighted by Crippen LogP contribution is 2.54. The largest absolute Gasteiger partial charge is 0.388 e. The molecule has 0 saturated heterocycles. The number of aryl methyl sites for hydroxylation is 1. The highest BCUT2D eigenvalue weighted by Gasteiger charge is 2.49. The maximum absolute atomic E-state index is 12.9. The van der Waals surface area contributed by atoms with E-state index in [0.29, 0.717) is 48.6 Å². The van der Waals surface area contributed by atoms with Crippen LogP contribution >= 0.6 is 11.6 Å². The topological polar surface area (TPSA) is 131 Å². The standard InChI is InChI=1S/C18H23FN6O2.C7H7ClFN/c1-25-16(20)14(8-26)15(24-25)10-2-11-4-18(27,5-12(11)3-10)9-23-17-21-6-13(19)7-22-17;1-10-5-2-3-7(9)6(8)4-5/h6-8,10-12,27H,2-5,9,20H2,1H3,(H,21,22,23);2-4,10H,1H3. The van der Waals surface area contributed by atoms with Crippen LogP contribution in [0.15, 0.2) is 30.6 Å². The van der Waals surface area contributed by atoms with Crippen molar-refractivity contribution < 1.29 is 18.7 Å². The summed E-state index contributed by atoms with van der Waals surface area (Å²) in [4.78, 5) is 19.1. The molecule has 198 valence electrons. The van der Waals surface area contributed by atoms with E-state index in [1.54, 1.807) is 24.8 Å². The summed E-state index contributed by atoms with van der Waals surface area (Å²) in [5.41, 5.74) is 7.17. The van der Waals surface area contributed by atoms with Crippen molar-refractivity contribution in [1.29, 1.82) is 0 Å². The fourth-order valence-electron chi connectivity index (χ4n) is 5.44. The second-order valence-corrected chi connectivity index (χ2v) is 10.1. The average molecular weight is 534 g/mol. The molecular weight excluding hydrogens is 504 g/mol. The number of benzene rings is 1. The van der Waals surface area contributed by atoms with Crippen LogP contribution < -0.4 is 16.4 Å². The first-order valence-corrected chi connectivity index (χ1v) is 12.3. The van der Waals surface area contributed by atoms with Crippen LogP contribution in [0.3, 0.4) is 0 Å². The monoisotopic (exact) mass is 533 g/mol. The Kier molecular flexibility index (Phi) is 7.93. The van der Waals surface area contributed by atoms with Crippen LogP contribution in [0.5, 0.6) is 0 Å². The van der Waals surface area contributed by atoms with Gasteiger partial charge in [0.05, 0.1) is 34.3 Å². The fraction of sp³-hybridized carbons (Fsp3) is 0.440. The molecule has 2 aliphatic rings. The molecule has 37 heavy (non-hydrogen) atoms.